The highest BCUT2D eigenvalue weighted by Crippen LogP contribution is 2.28. The third-order valence-corrected chi connectivity index (χ3v) is 3.73. The maximum Gasteiger partial charge on any atom is 0.357 e. The molecule has 0 bridgehead atoms. The van der Waals surface area contributed by atoms with Crippen molar-refractivity contribution in [2.75, 3.05) is 13.2 Å². The number of halogens is 4. The summed E-state index contributed by atoms with van der Waals surface area (Å²) < 4.78 is 59.2. The van der Waals surface area contributed by atoms with Gasteiger partial charge in [0.15, 0.2) is 12.3 Å². The molecule has 2 rings (SSSR count). The summed E-state index contributed by atoms with van der Waals surface area (Å²) in [5.74, 6) is -4.71. The first-order chi connectivity index (χ1) is 11.3. The normalized spacial score (nSPS) is 11.6. The lowest BCUT2D eigenvalue weighted by atomic mass is 10.2. The summed E-state index contributed by atoms with van der Waals surface area (Å²) in [6.07, 6.45) is -3.78. The van der Waals surface area contributed by atoms with Gasteiger partial charge in [-0.2, -0.15) is 8.78 Å². The van der Waals surface area contributed by atoms with Crippen molar-refractivity contribution in [3.05, 3.63) is 35.3 Å². The van der Waals surface area contributed by atoms with Gasteiger partial charge in [0.1, 0.15) is 10.8 Å². The van der Waals surface area contributed by atoms with Gasteiger partial charge in [0.25, 0.3) is 0 Å². The van der Waals surface area contributed by atoms with Crippen molar-refractivity contribution >= 4 is 17.3 Å². The Bertz CT molecular complexity index is 688. The molecule has 0 unspecified atom stereocenters. The summed E-state index contributed by atoms with van der Waals surface area (Å²) in [6, 6.07) is 5.79. The van der Waals surface area contributed by atoms with Gasteiger partial charge in [-0.05, 0) is 31.2 Å². The molecule has 2 aromatic rings. The number of nitrogens with zero attached hydrogens (tertiary/aromatic N) is 1. The molecule has 9 heteroatoms. The van der Waals surface area contributed by atoms with E-state index in [1.165, 1.54) is 35.6 Å². The van der Waals surface area contributed by atoms with E-state index in [1.54, 1.807) is 12.3 Å². The molecule has 0 aliphatic rings. The molecule has 0 aliphatic carbocycles. The van der Waals surface area contributed by atoms with Gasteiger partial charge in [0.2, 0.25) is 0 Å². The number of rotatable bonds is 7. The number of alkyl halides is 4. The van der Waals surface area contributed by atoms with E-state index < -0.39 is 24.9 Å². The van der Waals surface area contributed by atoms with Crippen LogP contribution in [0.1, 0.15) is 17.4 Å². The molecule has 130 valence electrons. The number of hydrogen-bond donors (Lipinski definition) is 0. The molecule has 0 radical (unpaired) electrons. The Labute approximate surface area is 139 Å². The van der Waals surface area contributed by atoms with E-state index in [9.17, 15) is 22.4 Å². The fourth-order valence-corrected chi connectivity index (χ4v) is 2.44. The quantitative estimate of drug-likeness (QED) is 0.545. The minimum absolute atomic E-state index is 0.0289. The van der Waals surface area contributed by atoms with Gasteiger partial charge < -0.3 is 9.47 Å². The van der Waals surface area contributed by atoms with Gasteiger partial charge in [-0.1, -0.05) is 0 Å². The van der Waals surface area contributed by atoms with E-state index >= 15 is 0 Å². The molecular weight excluding hydrogens is 350 g/mol. The lowest BCUT2D eigenvalue weighted by Gasteiger charge is -2.15. The monoisotopic (exact) mass is 363 g/mol. The van der Waals surface area contributed by atoms with Crippen LogP contribution in [0.4, 0.5) is 17.6 Å². The second-order valence-corrected chi connectivity index (χ2v) is 5.49. The van der Waals surface area contributed by atoms with Crippen molar-refractivity contribution < 1.29 is 31.8 Å². The molecule has 0 amide bonds. The SMILES string of the molecule is CCOC(=O)c1csc(-c2ccc(OCC(F)(F)C(F)F)cc2)n1. The van der Waals surface area contributed by atoms with Crippen LogP contribution in [-0.4, -0.2) is 36.5 Å². The molecule has 4 nitrogen and oxygen atoms in total. The summed E-state index contributed by atoms with van der Waals surface area (Å²) in [7, 11) is 0. The first-order valence-electron chi connectivity index (χ1n) is 6.85. The van der Waals surface area contributed by atoms with Crippen LogP contribution in [-0.2, 0) is 4.74 Å². The minimum Gasteiger partial charge on any atom is -0.487 e. The maximum atomic E-state index is 12.8. The molecule has 0 N–H and O–H groups in total. The van der Waals surface area contributed by atoms with Crippen LogP contribution in [0.15, 0.2) is 29.6 Å². The maximum absolute atomic E-state index is 12.8. The predicted molar refractivity (Wildman–Crippen MR) is 80.0 cm³/mol. The standard InChI is InChI=1S/C15H13F4NO3S/c1-2-22-13(21)11-7-24-12(20-11)9-3-5-10(6-4-9)23-8-15(18,19)14(16)17/h3-7,14H,2,8H2,1H3. The number of carbonyl (C=O) groups excluding carboxylic acids is 1. The van der Waals surface area contributed by atoms with Crippen LogP contribution in [0.3, 0.4) is 0 Å². The lowest BCUT2D eigenvalue weighted by Crippen LogP contribution is -2.33. The van der Waals surface area contributed by atoms with Crippen molar-refractivity contribution in [2.45, 2.75) is 19.3 Å². The molecule has 0 aliphatic heterocycles. The third kappa shape index (κ3) is 4.44. The molecule has 0 saturated heterocycles. The Morgan fingerprint density at radius 2 is 1.96 bits per heavy atom. The van der Waals surface area contributed by atoms with Crippen LogP contribution in [0, 0.1) is 0 Å². The Kier molecular flexibility index (Phi) is 5.76. The van der Waals surface area contributed by atoms with E-state index in [0.717, 1.165) is 0 Å². The zero-order valence-corrected chi connectivity index (χ0v) is 13.3. The molecule has 1 heterocycles. The van der Waals surface area contributed by atoms with Gasteiger partial charge in [-0.3, -0.25) is 0 Å². The van der Waals surface area contributed by atoms with Crippen LogP contribution in [0.2, 0.25) is 0 Å². The smallest absolute Gasteiger partial charge is 0.357 e. The van der Waals surface area contributed by atoms with Crippen molar-refractivity contribution in [1.82, 2.24) is 4.98 Å². The second-order valence-electron chi connectivity index (χ2n) is 4.63. The highest BCUT2D eigenvalue weighted by molar-refractivity contribution is 7.13. The van der Waals surface area contributed by atoms with Crippen LogP contribution < -0.4 is 4.74 Å². The number of esters is 1. The van der Waals surface area contributed by atoms with Crippen molar-refractivity contribution in [1.29, 1.82) is 0 Å². The Morgan fingerprint density at radius 1 is 1.29 bits per heavy atom. The van der Waals surface area contributed by atoms with Gasteiger partial charge in [-0.15, -0.1) is 11.3 Å². The molecule has 0 saturated carbocycles. The first-order valence-corrected chi connectivity index (χ1v) is 7.73. The average molecular weight is 363 g/mol. The Morgan fingerprint density at radius 3 is 2.54 bits per heavy atom. The number of hydrogen-bond acceptors (Lipinski definition) is 5. The molecule has 1 aromatic heterocycles. The average Bonchev–Trinajstić information content (AvgIpc) is 3.04. The van der Waals surface area contributed by atoms with Gasteiger partial charge in [0, 0.05) is 10.9 Å². The topological polar surface area (TPSA) is 48.4 Å². The second kappa shape index (κ2) is 7.61. The number of benzene rings is 1. The molecule has 0 spiro atoms. The summed E-state index contributed by atoms with van der Waals surface area (Å²) in [6.45, 7) is 0.511. The largest absolute Gasteiger partial charge is 0.487 e. The van der Waals surface area contributed by atoms with E-state index in [2.05, 4.69) is 9.72 Å². The van der Waals surface area contributed by atoms with E-state index in [1.807, 2.05) is 0 Å². The Balaban J connectivity index is 2.03. The van der Waals surface area contributed by atoms with E-state index in [-0.39, 0.29) is 18.1 Å². The molecule has 1 aromatic carbocycles. The summed E-state index contributed by atoms with van der Waals surface area (Å²) in [5, 5.41) is 2.07. The fraction of sp³-hybridized carbons (Fsp3) is 0.333. The molecule has 0 atom stereocenters. The lowest BCUT2D eigenvalue weighted by molar-refractivity contribution is -0.148. The zero-order valence-electron chi connectivity index (χ0n) is 12.5. The van der Waals surface area contributed by atoms with Crippen LogP contribution in [0.25, 0.3) is 10.6 Å². The van der Waals surface area contributed by atoms with Gasteiger partial charge in [0.05, 0.1) is 6.61 Å². The fourth-order valence-electron chi connectivity index (χ4n) is 1.64. The van der Waals surface area contributed by atoms with Crippen molar-refractivity contribution in [3.63, 3.8) is 0 Å². The third-order valence-electron chi connectivity index (χ3n) is 2.84. The number of ether oxygens (including phenoxy) is 2. The number of thiazole rings is 1. The highest BCUT2D eigenvalue weighted by atomic mass is 32.1. The number of aromatic nitrogens is 1. The van der Waals surface area contributed by atoms with Crippen molar-refractivity contribution in [2.24, 2.45) is 0 Å². The predicted octanol–water partition coefficient (Wildman–Crippen LogP) is 4.27. The summed E-state index contributed by atoms with van der Waals surface area (Å²) in [5.41, 5.74) is 0.803. The van der Waals surface area contributed by atoms with E-state index in [4.69, 9.17) is 4.74 Å². The van der Waals surface area contributed by atoms with Crippen molar-refractivity contribution in [3.8, 4) is 16.3 Å². The first kappa shape index (κ1) is 18.2. The number of carbonyl (C=O) groups is 1. The molecular formula is C15H13F4NO3S. The van der Waals surface area contributed by atoms with Crippen LogP contribution >= 0.6 is 11.3 Å². The molecule has 24 heavy (non-hydrogen) atoms. The Hall–Kier alpha value is -2.16. The zero-order chi connectivity index (χ0) is 17.7. The summed E-state index contributed by atoms with van der Waals surface area (Å²) >= 11 is 1.21. The van der Waals surface area contributed by atoms with Crippen LogP contribution in [0.5, 0.6) is 5.75 Å². The van der Waals surface area contributed by atoms with Gasteiger partial charge in [-0.25, -0.2) is 18.6 Å². The summed E-state index contributed by atoms with van der Waals surface area (Å²) in [4.78, 5) is 15.7. The molecule has 0 fully saturated rings. The van der Waals surface area contributed by atoms with E-state index in [0.29, 0.717) is 10.6 Å². The highest BCUT2D eigenvalue weighted by Gasteiger charge is 2.41. The minimum atomic E-state index is -4.21. The van der Waals surface area contributed by atoms with Gasteiger partial charge >= 0.3 is 18.3 Å².